The first kappa shape index (κ1) is 42.8. The SMILES string of the molecule is CN1Cc2ccc(-c3cccnc3)cc2-c2sc(NC(=O)c3c(F)cccc3F)nc2C1.CN1Cc2ccc(-c3cccnc3)cc2-c2sc(NC(=O)c3c(F)cccc3F)nc2C1=O. The third-order valence-corrected chi connectivity index (χ3v) is 12.7. The number of hydrogen-bond donors (Lipinski definition) is 2. The van der Waals surface area contributed by atoms with Crippen molar-refractivity contribution in [2.24, 2.45) is 0 Å². The highest BCUT2D eigenvalue weighted by molar-refractivity contribution is 7.19. The van der Waals surface area contributed by atoms with E-state index in [4.69, 9.17) is 0 Å². The fourth-order valence-corrected chi connectivity index (χ4v) is 9.59. The molecule has 8 aromatic rings. The van der Waals surface area contributed by atoms with Gasteiger partial charge in [-0.2, -0.15) is 0 Å². The second kappa shape index (κ2) is 18.0. The fourth-order valence-electron chi connectivity index (χ4n) is 7.56. The molecule has 0 saturated carbocycles. The number of benzene rings is 4. The van der Waals surface area contributed by atoms with E-state index in [0.717, 1.165) is 97.2 Å². The summed E-state index contributed by atoms with van der Waals surface area (Å²) in [6.45, 7) is 1.74. The first-order valence-electron chi connectivity index (χ1n) is 19.9. The third-order valence-electron chi connectivity index (χ3n) is 10.7. The number of amides is 3. The Morgan fingerprint density at radius 2 is 1.08 bits per heavy atom. The highest BCUT2D eigenvalue weighted by Crippen LogP contribution is 2.42. The van der Waals surface area contributed by atoms with Gasteiger partial charge in [-0.05, 0) is 89.0 Å². The van der Waals surface area contributed by atoms with Gasteiger partial charge in [-0.15, -0.1) is 0 Å². The summed E-state index contributed by atoms with van der Waals surface area (Å²) in [5, 5.41) is 5.39. The van der Waals surface area contributed by atoms with Gasteiger partial charge in [-0.3, -0.25) is 39.9 Å². The molecule has 0 atom stereocenters. The van der Waals surface area contributed by atoms with E-state index in [9.17, 15) is 31.9 Å². The lowest BCUT2D eigenvalue weighted by Crippen LogP contribution is -2.25. The van der Waals surface area contributed by atoms with Crippen LogP contribution in [0.4, 0.5) is 27.8 Å². The minimum Gasteiger partial charge on any atom is -0.336 e. The van der Waals surface area contributed by atoms with Gasteiger partial charge in [0, 0.05) is 62.6 Å². The summed E-state index contributed by atoms with van der Waals surface area (Å²) in [5.74, 6) is -5.92. The maximum Gasteiger partial charge on any atom is 0.274 e. The lowest BCUT2D eigenvalue weighted by molar-refractivity contribution is 0.0782. The molecular weight excluding hydrogens is 877 g/mol. The molecule has 0 unspecified atom stereocenters. The summed E-state index contributed by atoms with van der Waals surface area (Å²) in [5.41, 5.74) is 7.41. The van der Waals surface area contributed by atoms with Gasteiger partial charge in [-0.25, -0.2) is 27.5 Å². The van der Waals surface area contributed by atoms with Crippen molar-refractivity contribution in [3.63, 3.8) is 0 Å². The van der Waals surface area contributed by atoms with Gasteiger partial charge in [0.2, 0.25) is 0 Å². The number of thiazole rings is 2. The molecule has 17 heteroatoms. The van der Waals surface area contributed by atoms with Crippen LogP contribution in [0.3, 0.4) is 0 Å². The first-order chi connectivity index (χ1) is 31.4. The Hall–Kier alpha value is -7.47. The third kappa shape index (κ3) is 8.76. The zero-order valence-corrected chi connectivity index (χ0v) is 36.0. The number of rotatable bonds is 6. The molecule has 324 valence electrons. The topological polar surface area (TPSA) is 133 Å². The van der Waals surface area contributed by atoms with Crippen molar-refractivity contribution >= 4 is 50.7 Å². The predicted molar refractivity (Wildman–Crippen MR) is 241 cm³/mol. The number of carbonyl (C=O) groups excluding carboxylic acids is 3. The van der Waals surface area contributed by atoms with Crippen LogP contribution in [-0.4, -0.2) is 61.6 Å². The smallest absolute Gasteiger partial charge is 0.274 e. The molecule has 4 aromatic carbocycles. The van der Waals surface area contributed by atoms with Crippen molar-refractivity contribution in [3.05, 3.63) is 179 Å². The molecule has 6 heterocycles. The molecule has 2 aliphatic rings. The number of hydrogen-bond acceptors (Lipinski definition) is 10. The summed E-state index contributed by atoms with van der Waals surface area (Å²) < 4.78 is 56.1. The predicted octanol–water partition coefficient (Wildman–Crippen LogP) is 10.3. The minimum absolute atomic E-state index is 0.0778. The van der Waals surface area contributed by atoms with E-state index in [-0.39, 0.29) is 16.7 Å². The average Bonchev–Trinajstić information content (AvgIpc) is 3.84. The minimum atomic E-state index is -0.979. The zero-order valence-electron chi connectivity index (χ0n) is 34.4. The van der Waals surface area contributed by atoms with Crippen LogP contribution < -0.4 is 10.6 Å². The van der Waals surface area contributed by atoms with Crippen LogP contribution in [-0.2, 0) is 19.6 Å². The van der Waals surface area contributed by atoms with Crippen molar-refractivity contribution in [2.45, 2.75) is 19.6 Å². The zero-order chi connectivity index (χ0) is 45.4. The van der Waals surface area contributed by atoms with Gasteiger partial charge < -0.3 is 4.90 Å². The van der Waals surface area contributed by atoms with E-state index in [1.54, 1.807) is 25.6 Å². The highest BCUT2D eigenvalue weighted by Gasteiger charge is 2.30. The van der Waals surface area contributed by atoms with E-state index in [2.05, 4.69) is 53.7 Å². The van der Waals surface area contributed by atoms with E-state index in [1.165, 1.54) is 28.4 Å². The van der Waals surface area contributed by atoms with Crippen molar-refractivity contribution in [3.8, 4) is 43.1 Å². The second-order valence-corrected chi connectivity index (χ2v) is 17.2. The summed E-state index contributed by atoms with van der Waals surface area (Å²) in [7, 11) is 3.67. The Bertz CT molecular complexity index is 3110. The fraction of sp³-hybridized carbons (Fsp3) is 0.104. The van der Waals surface area contributed by atoms with Crippen molar-refractivity contribution in [2.75, 3.05) is 24.7 Å². The quantitative estimate of drug-likeness (QED) is 0.158. The van der Waals surface area contributed by atoms with Crippen LogP contribution in [0.1, 0.15) is 48.0 Å². The molecule has 2 N–H and O–H groups in total. The largest absolute Gasteiger partial charge is 0.336 e. The second-order valence-electron chi connectivity index (χ2n) is 15.2. The van der Waals surface area contributed by atoms with Gasteiger partial charge in [0.15, 0.2) is 10.3 Å². The average molecular weight is 911 g/mol. The summed E-state index contributed by atoms with van der Waals surface area (Å²) in [4.78, 5) is 60.5. The molecular formula is C48H34F4N8O3S2. The van der Waals surface area contributed by atoms with Crippen molar-refractivity contribution < 1.29 is 31.9 Å². The van der Waals surface area contributed by atoms with Crippen LogP contribution in [0.25, 0.3) is 43.1 Å². The Morgan fingerprint density at radius 3 is 1.60 bits per heavy atom. The molecule has 2 aliphatic heterocycles. The van der Waals surface area contributed by atoms with Crippen LogP contribution in [0, 0.1) is 23.3 Å². The van der Waals surface area contributed by atoms with Gasteiger partial charge in [0.1, 0.15) is 40.1 Å². The Balaban J connectivity index is 0.000000164. The molecule has 3 amide bonds. The number of carbonyl (C=O) groups is 3. The molecule has 0 bridgehead atoms. The molecule has 0 saturated heterocycles. The Kier molecular flexibility index (Phi) is 11.8. The van der Waals surface area contributed by atoms with Gasteiger partial charge in [-0.1, -0.05) is 71.2 Å². The van der Waals surface area contributed by atoms with Crippen LogP contribution in [0.2, 0.25) is 0 Å². The Labute approximate surface area is 377 Å². The maximum atomic E-state index is 14.0. The van der Waals surface area contributed by atoms with Crippen LogP contribution in [0.5, 0.6) is 0 Å². The molecule has 11 nitrogen and oxygen atoms in total. The van der Waals surface area contributed by atoms with E-state index in [0.29, 0.717) is 23.1 Å². The molecule has 0 spiro atoms. The number of fused-ring (bicyclic) bond motifs is 6. The number of pyridine rings is 2. The van der Waals surface area contributed by atoms with Gasteiger partial charge in [0.25, 0.3) is 17.7 Å². The Morgan fingerprint density at radius 1 is 0.585 bits per heavy atom. The first-order valence-corrected chi connectivity index (χ1v) is 21.6. The number of nitrogens with one attached hydrogen (secondary N) is 2. The lowest BCUT2D eigenvalue weighted by atomic mass is 9.99. The van der Waals surface area contributed by atoms with Crippen molar-refractivity contribution in [1.82, 2.24) is 29.7 Å². The van der Waals surface area contributed by atoms with E-state index in [1.807, 2.05) is 55.7 Å². The van der Waals surface area contributed by atoms with Gasteiger partial charge in [0.05, 0.1) is 15.4 Å². The van der Waals surface area contributed by atoms with Crippen molar-refractivity contribution in [1.29, 1.82) is 0 Å². The number of halogens is 4. The number of aromatic nitrogens is 4. The molecule has 0 aliphatic carbocycles. The number of nitrogens with zero attached hydrogens (tertiary/aromatic N) is 6. The monoisotopic (exact) mass is 910 g/mol. The summed E-state index contributed by atoms with van der Waals surface area (Å²) >= 11 is 2.39. The molecule has 4 aromatic heterocycles. The lowest BCUT2D eigenvalue weighted by Gasteiger charge is -2.15. The molecule has 0 fully saturated rings. The highest BCUT2D eigenvalue weighted by atomic mass is 32.1. The van der Waals surface area contributed by atoms with E-state index >= 15 is 0 Å². The molecule has 0 radical (unpaired) electrons. The van der Waals surface area contributed by atoms with Gasteiger partial charge >= 0.3 is 0 Å². The normalized spacial score (nSPS) is 13.0. The molecule has 65 heavy (non-hydrogen) atoms. The summed E-state index contributed by atoms with van der Waals surface area (Å²) in [6.07, 6.45) is 6.98. The van der Waals surface area contributed by atoms with Crippen LogP contribution in [0.15, 0.2) is 122 Å². The summed E-state index contributed by atoms with van der Waals surface area (Å²) in [6, 6.07) is 26.3. The van der Waals surface area contributed by atoms with E-state index < -0.39 is 46.2 Å². The molecule has 10 rings (SSSR count). The van der Waals surface area contributed by atoms with Crippen LogP contribution >= 0.6 is 22.7 Å². The number of anilines is 2. The maximum absolute atomic E-state index is 14.0. The standard InChI is InChI=1S/C24H16F2N4O2S.C24H18F2N4OS/c1-30-12-15-8-7-13(14-4-3-9-27-11-14)10-16(15)21-20(23(30)32)28-24(33-21)29-22(31)19-17(25)5-2-6-18(19)26;1-30-12-16-8-7-14(15-4-3-9-27-11-15)10-17(16)22-20(13-30)28-24(32-22)29-23(31)21-18(25)5-2-6-19(21)26/h2-11H,12H2,1H3,(H,28,29,31);2-11H,12-13H2,1H3,(H,28,29,31).